The number of amides is 1. The maximum absolute atomic E-state index is 15.0. The van der Waals surface area contributed by atoms with Crippen molar-refractivity contribution in [3.8, 4) is 22.8 Å². The molecule has 5 heterocycles. The van der Waals surface area contributed by atoms with Crippen molar-refractivity contribution in [1.29, 1.82) is 0 Å². The van der Waals surface area contributed by atoms with Crippen molar-refractivity contribution < 1.29 is 19.0 Å². The summed E-state index contributed by atoms with van der Waals surface area (Å²) < 4.78 is 21.1. The van der Waals surface area contributed by atoms with Crippen LogP contribution in [0, 0.1) is 5.82 Å². The van der Waals surface area contributed by atoms with E-state index < -0.39 is 5.82 Å². The van der Waals surface area contributed by atoms with Crippen LogP contribution in [0.15, 0.2) is 29.5 Å². The van der Waals surface area contributed by atoms with Crippen molar-refractivity contribution in [2.45, 2.75) is 19.0 Å². The number of phenols is 1. The fraction of sp³-hybridized carbons (Fsp3) is 0.417. The van der Waals surface area contributed by atoms with E-state index in [1.54, 1.807) is 4.90 Å². The summed E-state index contributed by atoms with van der Waals surface area (Å²) in [4.78, 5) is 22.5. The molecule has 11 heteroatoms. The summed E-state index contributed by atoms with van der Waals surface area (Å²) in [5.41, 5.74) is 5.83. The number of carbonyl (C=O) groups is 1. The first-order valence-corrected chi connectivity index (χ1v) is 12.1. The van der Waals surface area contributed by atoms with Gasteiger partial charge in [-0.1, -0.05) is 17.7 Å². The molecule has 1 amide bonds. The predicted octanol–water partition coefficient (Wildman–Crippen LogP) is 1.97. The number of fused-ring (bicyclic) bond motifs is 2. The van der Waals surface area contributed by atoms with Crippen molar-refractivity contribution >= 4 is 23.3 Å². The Balaban J connectivity index is 1.57. The third-order valence-electron chi connectivity index (χ3n) is 7.40. The number of nitrogens with zero attached hydrogens (tertiary/aromatic N) is 4. The molecule has 0 bridgehead atoms. The number of piperazine rings is 1. The number of hydrogen-bond donors (Lipinski definition) is 3. The lowest BCUT2D eigenvalue weighted by atomic mass is 10.0. The number of aromatic nitrogens is 1. The molecule has 1 aromatic heterocycles. The Bertz CT molecular complexity index is 1250. The van der Waals surface area contributed by atoms with Crippen LogP contribution in [0.25, 0.3) is 11.3 Å². The van der Waals surface area contributed by atoms with E-state index >= 15 is 0 Å². The minimum Gasteiger partial charge on any atom is -0.507 e. The van der Waals surface area contributed by atoms with Crippen LogP contribution in [0.1, 0.15) is 17.3 Å². The van der Waals surface area contributed by atoms with Gasteiger partial charge in [-0.2, -0.15) is 0 Å². The number of nitrogens with one attached hydrogen (secondary N) is 2. The molecule has 0 radical (unpaired) electrons. The predicted molar refractivity (Wildman–Crippen MR) is 129 cm³/mol. The van der Waals surface area contributed by atoms with Crippen molar-refractivity contribution in [2.24, 2.45) is 0 Å². The highest BCUT2D eigenvalue weighted by Crippen LogP contribution is 2.47. The standard InChI is InChI=1S/C24H26ClFN6O3/c1-12-14-9-28-30(2)16(14)10-32(12)23-19-22(35-11-13-8-27-6-7-31(13)24(19)34)20(25)21(29-23)18-15(26)4-3-5-17(18)33/h3-5,12-13,27-28,33H,6-11H2,1-2H3/t12?,13-/m1/s1. The van der Waals surface area contributed by atoms with Crippen molar-refractivity contribution in [3.63, 3.8) is 0 Å². The third-order valence-corrected chi connectivity index (χ3v) is 7.75. The van der Waals surface area contributed by atoms with E-state index in [-0.39, 0.29) is 57.9 Å². The summed E-state index contributed by atoms with van der Waals surface area (Å²) >= 11 is 6.78. The summed E-state index contributed by atoms with van der Waals surface area (Å²) in [5, 5.41) is 15.8. The molecule has 0 saturated carbocycles. The molecule has 1 unspecified atom stereocenters. The highest BCUT2D eigenvalue weighted by Gasteiger charge is 2.42. The zero-order valence-electron chi connectivity index (χ0n) is 19.4. The monoisotopic (exact) mass is 500 g/mol. The number of pyridine rings is 1. The number of aromatic hydroxyl groups is 1. The van der Waals surface area contributed by atoms with Gasteiger partial charge in [0.25, 0.3) is 5.91 Å². The topological polar surface area (TPSA) is 93.2 Å². The number of benzene rings is 1. The number of carbonyl (C=O) groups excluding carboxylic acids is 1. The normalized spacial score (nSPS) is 23.8. The van der Waals surface area contributed by atoms with Crippen LogP contribution in [0.4, 0.5) is 10.2 Å². The Kier molecular flexibility index (Phi) is 5.28. The van der Waals surface area contributed by atoms with Crippen LogP contribution >= 0.6 is 11.6 Å². The lowest BCUT2D eigenvalue weighted by molar-refractivity contribution is 0.0606. The van der Waals surface area contributed by atoms with Crippen molar-refractivity contribution in [3.05, 3.63) is 45.9 Å². The van der Waals surface area contributed by atoms with E-state index in [0.717, 1.165) is 5.70 Å². The molecule has 1 aromatic carbocycles. The molecule has 0 spiro atoms. The van der Waals surface area contributed by atoms with E-state index in [1.807, 2.05) is 17.0 Å². The zero-order chi connectivity index (χ0) is 24.4. The molecule has 35 heavy (non-hydrogen) atoms. The lowest BCUT2D eigenvalue weighted by Crippen LogP contribution is -2.55. The average molecular weight is 501 g/mol. The SMILES string of the molecule is CC1C2=C(CN1c1nc(-c3c(O)cccc3F)c(Cl)c3c1C(=O)N1CCNC[C@@H]1CO3)N(C)NC2. The van der Waals surface area contributed by atoms with Gasteiger partial charge in [0.05, 0.1) is 29.9 Å². The van der Waals surface area contributed by atoms with E-state index in [9.17, 15) is 14.3 Å². The van der Waals surface area contributed by atoms with Gasteiger partial charge in [-0.3, -0.25) is 4.79 Å². The lowest BCUT2D eigenvalue weighted by Gasteiger charge is -2.34. The van der Waals surface area contributed by atoms with Gasteiger partial charge in [-0.25, -0.2) is 14.8 Å². The molecule has 1 fully saturated rings. The van der Waals surface area contributed by atoms with Gasteiger partial charge in [0.1, 0.15) is 40.3 Å². The maximum Gasteiger partial charge on any atom is 0.261 e. The number of ether oxygens (including phenoxy) is 1. The zero-order valence-corrected chi connectivity index (χ0v) is 20.2. The Labute approximate surface area is 207 Å². The van der Waals surface area contributed by atoms with Gasteiger partial charge in [-0.05, 0) is 24.6 Å². The molecule has 3 N–H and O–H groups in total. The van der Waals surface area contributed by atoms with Crippen LogP contribution in [0.5, 0.6) is 11.5 Å². The number of halogens is 2. The number of phenolic OH excluding ortho intramolecular Hbond substituents is 1. The highest BCUT2D eigenvalue weighted by atomic mass is 35.5. The van der Waals surface area contributed by atoms with Gasteiger partial charge >= 0.3 is 0 Å². The van der Waals surface area contributed by atoms with Crippen molar-refractivity contribution in [2.75, 3.05) is 51.3 Å². The summed E-state index contributed by atoms with van der Waals surface area (Å²) in [7, 11) is 1.96. The molecule has 2 aromatic rings. The van der Waals surface area contributed by atoms with Crippen LogP contribution in [0.3, 0.4) is 0 Å². The van der Waals surface area contributed by atoms with Gasteiger partial charge in [0, 0.05) is 33.2 Å². The van der Waals surface area contributed by atoms with Crippen LogP contribution in [-0.2, 0) is 0 Å². The summed E-state index contributed by atoms with van der Waals surface area (Å²) in [5.74, 6) is -0.596. The second kappa shape index (κ2) is 8.25. The molecule has 6 rings (SSSR count). The average Bonchev–Trinajstić information content (AvgIpc) is 3.32. The Morgan fingerprint density at radius 1 is 1.29 bits per heavy atom. The van der Waals surface area contributed by atoms with Gasteiger partial charge < -0.3 is 30.0 Å². The summed E-state index contributed by atoms with van der Waals surface area (Å²) in [6.07, 6.45) is 0. The van der Waals surface area contributed by atoms with Crippen LogP contribution in [0.2, 0.25) is 5.02 Å². The smallest absolute Gasteiger partial charge is 0.261 e. The highest BCUT2D eigenvalue weighted by molar-refractivity contribution is 6.35. The minimum atomic E-state index is -0.661. The number of hydrogen-bond acceptors (Lipinski definition) is 8. The number of likely N-dealkylation sites (N-methyl/N-ethyl adjacent to an activating group) is 1. The first-order chi connectivity index (χ1) is 16.9. The van der Waals surface area contributed by atoms with Gasteiger partial charge in [0.15, 0.2) is 5.75 Å². The molecule has 1 saturated heterocycles. The molecular formula is C24H26ClFN6O3. The van der Waals surface area contributed by atoms with E-state index in [2.05, 4.69) is 17.7 Å². The first-order valence-electron chi connectivity index (χ1n) is 11.7. The van der Waals surface area contributed by atoms with Crippen molar-refractivity contribution in [1.82, 2.24) is 25.6 Å². The van der Waals surface area contributed by atoms with E-state index in [1.165, 1.54) is 23.8 Å². The molecule has 4 aliphatic rings. The molecule has 184 valence electrons. The molecule has 9 nitrogen and oxygen atoms in total. The minimum absolute atomic E-state index is 0.0106. The fourth-order valence-electron chi connectivity index (χ4n) is 5.44. The molecular weight excluding hydrogens is 475 g/mol. The Morgan fingerprint density at radius 2 is 2.11 bits per heavy atom. The molecule has 2 atom stereocenters. The third kappa shape index (κ3) is 3.35. The molecule has 4 aliphatic heterocycles. The van der Waals surface area contributed by atoms with Crippen LogP contribution in [-0.4, -0.2) is 84.4 Å². The molecule has 0 aliphatic carbocycles. The van der Waals surface area contributed by atoms with E-state index in [4.69, 9.17) is 21.3 Å². The fourth-order valence-corrected chi connectivity index (χ4v) is 5.72. The maximum atomic E-state index is 15.0. The second-order valence-corrected chi connectivity index (χ2v) is 9.65. The van der Waals surface area contributed by atoms with Crippen LogP contribution < -0.4 is 20.4 Å². The number of hydrazine groups is 1. The summed E-state index contributed by atoms with van der Waals surface area (Å²) in [6, 6.07) is 3.82. The first kappa shape index (κ1) is 22.4. The Morgan fingerprint density at radius 3 is 2.89 bits per heavy atom. The number of anilines is 1. The summed E-state index contributed by atoms with van der Waals surface area (Å²) in [6.45, 7) is 5.34. The van der Waals surface area contributed by atoms with E-state index in [0.29, 0.717) is 38.5 Å². The quantitative estimate of drug-likeness (QED) is 0.576. The van der Waals surface area contributed by atoms with Gasteiger partial charge in [0.2, 0.25) is 0 Å². The Hall–Kier alpha value is -3.08. The largest absolute Gasteiger partial charge is 0.507 e. The van der Waals surface area contributed by atoms with Gasteiger partial charge in [-0.15, -0.1) is 0 Å². The second-order valence-electron chi connectivity index (χ2n) is 9.27. The number of rotatable bonds is 2.